The Labute approximate surface area is 130 Å². The maximum absolute atomic E-state index is 5.69. The number of halogens is 1. The van der Waals surface area contributed by atoms with Gasteiger partial charge in [0.05, 0.1) is 13.2 Å². The normalized spacial score (nSPS) is 17.9. The Bertz CT molecular complexity index is 423. The van der Waals surface area contributed by atoms with Crippen molar-refractivity contribution in [1.29, 1.82) is 0 Å². The van der Waals surface area contributed by atoms with Gasteiger partial charge in [-0.3, -0.25) is 0 Å². The SMILES string of the molecule is CC(C)CCOCCNC1CCOc2ccc(Br)cc21. The molecule has 0 bridgehead atoms. The van der Waals surface area contributed by atoms with Gasteiger partial charge in [-0.2, -0.15) is 0 Å². The molecule has 0 saturated heterocycles. The van der Waals surface area contributed by atoms with Crippen LogP contribution in [0.2, 0.25) is 0 Å². The minimum absolute atomic E-state index is 0.366. The second-order valence-corrected chi connectivity index (χ2v) is 6.54. The maximum Gasteiger partial charge on any atom is 0.124 e. The smallest absolute Gasteiger partial charge is 0.124 e. The molecule has 1 aromatic carbocycles. The van der Waals surface area contributed by atoms with Crippen LogP contribution in [-0.2, 0) is 4.74 Å². The zero-order chi connectivity index (χ0) is 14.4. The summed E-state index contributed by atoms with van der Waals surface area (Å²) in [5.41, 5.74) is 1.24. The summed E-state index contributed by atoms with van der Waals surface area (Å²) >= 11 is 3.53. The first kappa shape index (κ1) is 15.8. The summed E-state index contributed by atoms with van der Waals surface area (Å²) in [5, 5.41) is 3.57. The fourth-order valence-electron chi connectivity index (χ4n) is 2.30. The average Bonchev–Trinajstić information content (AvgIpc) is 2.42. The Balaban J connectivity index is 1.76. The van der Waals surface area contributed by atoms with Crippen molar-refractivity contribution < 1.29 is 9.47 Å². The minimum Gasteiger partial charge on any atom is -0.493 e. The third-order valence-electron chi connectivity index (χ3n) is 3.49. The van der Waals surface area contributed by atoms with Gasteiger partial charge in [0.25, 0.3) is 0 Å². The molecule has 0 aromatic heterocycles. The fourth-order valence-corrected chi connectivity index (χ4v) is 2.68. The number of rotatable bonds is 7. The Morgan fingerprint density at radius 2 is 2.25 bits per heavy atom. The standard InChI is InChI=1S/C16H24BrNO2/c1-12(2)5-8-19-10-7-18-15-6-9-20-16-4-3-13(17)11-14(15)16/h3-4,11-12,15,18H,5-10H2,1-2H3. The second-order valence-electron chi connectivity index (χ2n) is 5.62. The molecule has 0 amide bonds. The van der Waals surface area contributed by atoms with Crippen molar-refractivity contribution in [2.75, 3.05) is 26.4 Å². The van der Waals surface area contributed by atoms with Gasteiger partial charge in [0, 0.05) is 35.7 Å². The van der Waals surface area contributed by atoms with Gasteiger partial charge < -0.3 is 14.8 Å². The van der Waals surface area contributed by atoms with E-state index in [4.69, 9.17) is 9.47 Å². The lowest BCUT2D eigenvalue weighted by Crippen LogP contribution is -2.29. The van der Waals surface area contributed by atoms with E-state index >= 15 is 0 Å². The monoisotopic (exact) mass is 341 g/mol. The Morgan fingerprint density at radius 1 is 1.40 bits per heavy atom. The fraction of sp³-hybridized carbons (Fsp3) is 0.625. The van der Waals surface area contributed by atoms with Crippen molar-refractivity contribution in [1.82, 2.24) is 5.32 Å². The lowest BCUT2D eigenvalue weighted by atomic mass is 10.0. The van der Waals surface area contributed by atoms with Crippen molar-refractivity contribution in [3.63, 3.8) is 0 Å². The predicted octanol–water partition coefficient (Wildman–Crippen LogP) is 3.93. The molecule has 0 fully saturated rings. The van der Waals surface area contributed by atoms with Gasteiger partial charge in [-0.15, -0.1) is 0 Å². The first-order valence-electron chi connectivity index (χ1n) is 7.40. The van der Waals surface area contributed by atoms with E-state index < -0.39 is 0 Å². The van der Waals surface area contributed by atoms with Gasteiger partial charge in [0.1, 0.15) is 5.75 Å². The molecule has 0 radical (unpaired) electrons. The average molecular weight is 342 g/mol. The van der Waals surface area contributed by atoms with Crippen LogP contribution in [0.5, 0.6) is 5.75 Å². The van der Waals surface area contributed by atoms with Crippen LogP contribution in [0.15, 0.2) is 22.7 Å². The number of nitrogens with one attached hydrogen (secondary N) is 1. The number of benzene rings is 1. The molecule has 1 aromatic rings. The molecule has 0 aliphatic carbocycles. The number of hydrogen-bond donors (Lipinski definition) is 1. The molecular formula is C16H24BrNO2. The van der Waals surface area contributed by atoms with Crippen molar-refractivity contribution >= 4 is 15.9 Å². The molecule has 0 spiro atoms. The van der Waals surface area contributed by atoms with Crippen LogP contribution < -0.4 is 10.1 Å². The van der Waals surface area contributed by atoms with Crippen LogP contribution in [0, 0.1) is 5.92 Å². The van der Waals surface area contributed by atoms with Crippen LogP contribution in [0.3, 0.4) is 0 Å². The van der Waals surface area contributed by atoms with E-state index in [1.807, 2.05) is 12.1 Å². The van der Waals surface area contributed by atoms with E-state index in [9.17, 15) is 0 Å². The molecule has 3 nitrogen and oxygen atoms in total. The zero-order valence-electron chi connectivity index (χ0n) is 12.3. The van der Waals surface area contributed by atoms with Gasteiger partial charge in [-0.25, -0.2) is 0 Å². The third-order valence-corrected chi connectivity index (χ3v) is 3.98. The number of ether oxygens (including phenoxy) is 2. The maximum atomic E-state index is 5.69. The first-order chi connectivity index (χ1) is 9.66. The van der Waals surface area contributed by atoms with E-state index in [2.05, 4.69) is 41.2 Å². The highest BCUT2D eigenvalue weighted by Gasteiger charge is 2.20. The molecular weight excluding hydrogens is 318 g/mol. The van der Waals surface area contributed by atoms with Crippen molar-refractivity contribution in [3.8, 4) is 5.75 Å². The second kappa shape index (κ2) is 8.01. The first-order valence-corrected chi connectivity index (χ1v) is 8.19. The van der Waals surface area contributed by atoms with Crippen molar-refractivity contribution in [3.05, 3.63) is 28.2 Å². The van der Waals surface area contributed by atoms with E-state index in [1.165, 1.54) is 5.56 Å². The summed E-state index contributed by atoms with van der Waals surface area (Å²) in [7, 11) is 0. The molecule has 1 aliphatic heterocycles. The molecule has 1 heterocycles. The highest BCUT2D eigenvalue weighted by molar-refractivity contribution is 9.10. The van der Waals surface area contributed by atoms with Crippen molar-refractivity contribution in [2.45, 2.75) is 32.7 Å². The molecule has 1 N–H and O–H groups in total. The Hall–Kier alpha value is -0.580. The lowest BCUT2D eigenvalue weighted by molar-refractivity contribution is 0.121. The third kappa shape index (κ3) is 4.76. The molecule has 4 heteroatoms. The zero-order valence-corrected chi connectivity index (χ0v) is 13.9. The van der Waals surface area contributed by atoms with Gasteiger partial charge >= 0.3 is 0 Å². The minimum atomic E-state index is 0.366. The van der Waals surface area contributed by atoms with E-state index in [0.29, 0.717) is 12.0 Å². The van der Waals surface area contributed by atoms with Crippen LogP contribution in [0.4, 0.5) is 0 Å². The van der Waals surface area contributed by atoms with E-state index in [0.717, 1.165) is 49.4 Å². The van der Waals surface area contributed by atoms with Crippen LogP contribution in [0.1, 0.15) is 38.3 Å². The van der Waals surface area contributed by atoms with Gasteiger partial charge in [0.15, 0.2) is 0 Å². The lowest BCUT2D eigenvalue weighted by Gasteiger charge is -2.27. The molecule has 0 saturated carbocycles. The molecule has 2 rings (SSSR count). The largest absolute Gasteiger partial charge is 0.493 e. The summed E-state index contributed by atoms with van der Waals surface area (Å²) in [6, 6.07) is 6.57. The summed E-state index contributed by atoms with van der Waals surface area (Å²) in [5.74, 6) is 1.71. The topological polar surface area (TPSA) is 30.5 Å². The highest BCUT2D eigenvalue weighted by Crippen LogP contribution is 2.33. The van der Waals surface area contributed by atoms with E-state index in [1.54, 1.807) is 0 Å². The van der Waals surface area contributed by atoms with Crippen LogP contribution in [-0.4, -0.2) is 26.4 Å². The Morgan fingerprint density at radius 3 is 3.05 bits per heavy atom. The van der Waals surface area contributed by atoms with E-state index in [-0.39, 0.29) is 0 Å². The molecule has 1 unspecified atom stereocenters. The highest BCUT2D eigenvalue weighted by atomic mass is 79.9. The number of fused-ring (bicyclic) bond motifs is 1. The van der Waals surface area contributed by atoms with Gasteiger partial charge in [-0.05, 0) is 30.5 Å². The molecule has 112 valence electrons. The van der Waals surface area contributed by atoms with Crippen molar-refractivity contribution in [2.24, 2.45) is 5.92 Å². The summed E-state index contributed by atoms with van der Waals surface area (Å²) < 4.78 is 12.4. The van der Waals surface area contributed by atoms with Crippen LogP contribution >= 0.6 is 15.9 Å². The molecule has 1 aliphatic rings. The number of hydrogen-bond acceptors (Lipinski definition) is 3. The molecule has 1 atom stereocenters. The Kier molecular flexibility index (Phi) is 6.33. The van der Waals surface area contributed by atoms with Gasteiger partial charge in [0.2, 0.25) is 0 Å². The summed E-state index contributed by atoms with van der Waals surface area (Å²) in [6.07, 6.45) is 2.14. The summed E-state index contributed by atoms with van der Waals surface area (Å²) in [4.78, 5) is 0. The molecule has 20 heavy (non-hydrogen) atoms. The summed E-state index contributed by atoms with van der Waals surface area (Å²) in [6.45, 7) is 7.73. The quantitative estimate of drug-likeness (QED) is 0.762. The van der Waals surface area contributed by atoms with Gasteiger partial charge in [-0.1, -0.05) is 29.8 Å². The predicted molar refractivity (Wildman–Crippen MR) is 85.3 cm³/mol. The van der Waals surface area contributed by atoms with Crippen LogP contribution in [0.25, 0.3) is 0 Å².